The number of nitrogens with one attached hydrogen (secondary N) is 1. The van der Waals surface area contributed by atoms with Crippen LogP contribution in [0.1, 0.15) is 30.7 Å². The summed E-state index contributed by atoms with van der Waals surface area (Å²) in [5.74, 6) is -2.69. The highest BCUT2D eigenvalue weighted by Gasteiger charge is 2.42. The fourth-order valence-electron chi connectivity index (χ4n) is 3.68. The maximum absolute atomic E-state index is 12.7. The van der Waals surface area contributed by atoms with Crippen LogP contribution in [0, 0.1) is 10.1 Å². The molecule has 0 aromatic heterocycles. The normalized spacial score (nSPS) is 19.1. The predicted molar refractivity (Wildman–Crippen MR) is 96.8 cm³/mol. The van der Waals surface area contributed by atoms with E-state index in [1.54, 1.807) is 0 Å². The molecule has 1 aromatic carbocycles. The topological polar surface area (TPSA) is 154 Å². The number of hydrogen-bond acceptors (Lipinski definition) is 8. The number of methoxy groups -OCH3 is 2. The van der Waals surface area contributed by atoms with Crippen LogP contribution >= 0.6 is 0 Å². The monoisotopic (exact) mass is 389 g/mol. The first-order chi connectivity index (χ1) is 13.3. The predicted octanol–water partition coefficient (Wildman–Crippen LogP) is 1.56. The van der Waals surface area contributed by atoms with Gasteiger partial charge in [-0.1, -0.05) is 0 Å². The number of benzene rings is 1. The molecule has 0 fully saturated rings. The minimum Gasteiger partial charge on any atom is -0.493 e. The van der Waals surface area contributed by atoms with Gasteiger partial charge >= 0.3 is 5.97 Å². The Hall–Kier alpha value is -3.56. The molecule has 2 aliphatic rings. The number of carbonyl (C=O) groups is 2. The molecule has 1 aliphatic heterocycles. The zero-order valence-corrected chi connectivity index (χ0v) is 15.3. The molecule has 1 atom stereocenters. The van der Waals surface area contributed by atoms with E-state index in [1.165, 1.54) is 20.3 Å². The Bertz CT molecular complexity index is 949. The van der Waals surface area contributed by atoms with Gasteiger partial charge in [0.05, 0.1) is 36.7 Å². The highest BCUT2D eigenvalue weighted by Crippen LogP contribution is 2.47. The van der Waals surface area contributed by atoms with Crippen molar-refractivity contribution in [3.8, 4) is 11.5 Å². The lowest BCUT2D eigenvalue weighted by Gasteiger charge is -2.33. The summed E-state index contributed by atoms with van der Waals surface area (Å²) in [6, 6.07) is 2.48. The lowest BCUT2D eigenvalue weighted by Crippen LogP contribution is -2.37. The highest BCUT2D eigenvalue weighted by atomic mass is 16.6. The van der Waals surface area contributed by atoms with Gasteiger partial charge in [-0.25, -0.2) is 4.79 Å². The SMILES string of the molecule is COc1cc(C2C(C(=O)O)=C(N)NC3=C2C(=O)CCC3)c([N+](=O)[O-])cc1OC. The first kappa shape index (κ1) is 19.2. The second kappa shape index (κ2) is 7.22. The number of rotatable bonds is 5. The molecular formula is C18H19N3O7. The Balaban J connectivity index is 2.35. The number of nitrogens with zero attached hydrogens (tertiary/aromatic N) is 1. The van der Waals surface area contributed by atoms with Crippen LogP contribution in [-0.4, -0.2) is 36.0 Å². The maximum Gasteiger partial charge on any atom is 0.336 e. The number of carboxylic acid groups (broad SMARTS) is 1. The van der Waals surface area contributed by atoms with Gasteiger partial charge in [-0.2, -0.15) is 0 Å². The zero-order chi connectivity index (χ0) is 20.6. The summed E-state index contributed by atoms with van der Waals surface area (Å²) in [7, 11) is 2.69. The molecule has 148 valence electrons. The standard InChI is InChI=1S/C18H19N3O7/c1-27-12-6-8(10(21(25)26)7-13(12)28-2)14-15-9(4-3-5-11(15)22)20-17(19)16(14)18(23)24/h6-7,14,20H,3-5,19H2,1-2H3,(H,23,24). The Morgan fingerprint density at radius 3 is 2.50 bits per heavy atom. The van der Waals surface area contributed by atoms with Crippen LogP contribution in [0.15, 0.2) is 34.8 Å². The van der Waals surface area contributed by atoms with Crippen molar-refractivity contribution in [2.45, 2.75) is 25.2 Å². The zero-order valence-electron chi connectivity index (χ0n) is 15.3. The van der Waals surface area contributed by atoms with Crippen molar-refractivity contribution in [3.05, 3.63) is 50.5 Å². The lowest BCUT2D eigenvalue weighted by atomic mass is 9.75. The second-order valence-electron chi connectivity index (χ2n) is 6.38. The third kappa shape index (κ3) is 3.02. The van der Waals surface area contributed by atoms with Gasteiger partial charge in [0.25, 0.3) is 5.69 Å². The van der Waals surface area contributed by atoms with E-state index in [0.29, 0.717) is 18.5 Å². The van der Waals surface area contributed by atoms with E-state index >= 15 is 0 Å². The number of nitrogens with two attached hydrogens (primary N) is 1. The van der Waals surface area contributed by atoms with Crippen LogP contribution in [0.25, 0.3) is 0 Å². The Kier molecular flexibility index (Phi) is 4.95. The summed E-state index contributed by atoms with van der Waals surface area (Å²) >= 11 is 0. The molecule has 1 aliphatic carbocycles. The lowest BCUT2D eigenvalue weighted by molar-refractivity contribution is -0.385. The number of carbonyl (C=O) groups excluding carboxylic acids is 1. The molecular weight excluding hydrogens is 370 g/mol. The Morgan fingerprint density at radius 1 is 1.29 bits per heavy atom. The molecule has 1 unspecified atom stereocenters. The minimum atomic E-state index is -1.37. The van der Waals surface area contributed by atoms with E-state index in [1.807, 2.05) is 0 Å². The largest absolute Gasteiger partial charge is 0.493 e. The molecule has 28 heavy (non-hydrogen) atoms. The summed E-state index contributed by atoms with van der Waals surface area (Å²) in [4.78, 5) is 35.7. The van der Waals surface area contributed by atoms with Crippen molar-refractivity contribution in [2.24, 2.45) is 5.73 Å². The van der Waals surface area contributed by atoms with E-state index in [4.69, 9.17) is 15.2 Å². The average molecular weight is 389 g/mol. The van der Waals surface area contributed by atoms with Crippen molar-refractivity contribution in [3.63, 3.8) is 0 Å². The van der Waals surface area contributed by atoms with Crippen molar-refractivity contribution in [2.75, 3.05) is 14.2 Å². The Morgan fingerprint density at radius 2 is 1.93 bits per heavy atom. The van der Waals surface area contributed by atoms with Crippen molar-refractivity contribution in [1.82, 2.24) is 5.32 Å². The Labute approximate surface area is 159 Å². The van der Waals surface area contributed by atoms with Crippen LogP contribution < -0.4 is 20.5 Å². The van der Waals surface area contributed by atoms with Gasteiger partial charge < -0.3 is 25.6 Å². The number of Topliss-reactive ketones (excluding diaryl/α,β-unsaturated/α-hetero) is 1. The molecule has 0 spiro atoms. The van der Waals surface area contributed by atoms with Gasteiger partial charge in [0.2, 0.25) is 0 Å². The fourth-order valence-corrected chi connectivity index (χ4v) is 3.68. The molecule has 0 amide bonds. The van der Waals surface area contributed by atoms with Gasteiger partial charge in [0.1, 0.15) is 5.82 Å². The molecule has 1 aromatic rings. The van der Waals surface area contributed by atoms with Crippen LogP contribution in [-0.2, 0) is 9.59 Å². The quantitative estimate of drug-likeness (QED) is 0.502. The smallest absolute Gasteiger partial charge is 0.336 e. The molecule has 0 saturated heterocycles. The van der Waals surface area contributed by atoms with Crippen LogP contribution in [0.5, 0.6) is 11.5 Å². The molecule has 4 N–H and O–H groups in total. The van der Waals surface area contributed by atoms with E-state index in [2.05, 4.69) is 5.32 Å². The number of aliphatic carboxylic acids is 1. The summed E-state index contributed by atoms with van der Waals surface area (Å²) in [5.41, 5.74) is 5.91. The molecule has 3 rings (SSSR count). The number of nitro groups is 1. The first-order valence-electron chi connectivity index (χ1n) is 8.46. The van der Waals surface area contributed by atoms with E-state index in [9.17, 15) is 24.8 Å². The maximum atomic E-state index is 12.7. The number of ether oxygens (including phenoxy) is 2. The third-order valence-corrected chi connectivity index (χ3v) is 4.88. The number of hydrogen-bond donors (Lipinski definition) is 3. The summed E-state index contributed by atoms with van der Waals surface area (Å²) in [6.45, 7) is 0. The third-order valence-electron chi connectivity index (χ3n) is 4.88. The van der Waals surface area contributed by atoms with Crippen LogP contribution in [0.2, 0.25) is 0 Å². The number of dihydropyridines is 1. The molecule has 10 heteroatoms. The van der Waals surface area contributed by atoms with Crippen molar-refractivity contribution in [1.29, 1.82) is 0 Å². The first-order valence-corrected chi connectivity index (χ1v) is 8.46. The van der Waals surface area contributed by atoms with E-state index in [0.717, 1.165) is 6.07 Å². The van der Waals surface area contributed by atoms with Crippen LogP contribution in [0.3, 0.4) is 0 Å². The fraction of sp³-hybridized carbons (Fsp3) is 0.333. The van der Waals surface area contributed by atoms with Gasteiger partial charge in [0, 0.05) is 23.3 Å². The van der Waals surface area contributed by atoms with Gasteiger partial charge in [-0.3, -0.25) is 14.9 Å². The van der Waals surface area contributed by atoms with E-state index in [-0.39, 0.29) is 51.9 Å². The van der Waals surface area contributed by atoms with Crippen molar-refractivity contribution < 1.29 is 29.1 Å². The number of allylic oxidation sites excluding steroid dienone is 2. The molecule has 1 heterocycles. The van der Waals surface area contributed by atoms with E-state index < -0.39 is 16.8 Å². The van der Waals surface area contributed by atoms with Gasteiger partial charge in [0.15, 0.2) is 17.3 Å². The summed E-state index contributed by atoms with van der Waals surface area (Å²) < 4.78 is 10.3. The molecule has 0 saturated carbocycles. The van der Waals surface area contributed by atoms with Crippen molar-refractivity contribution >= 4 is 17.4 Å². The second-order valence-corrected chi connectivity index (χ2v) is 6.38. The van der Waals surface area contributed by atoms with Crippen LogP contribution in [0.4, 0.5) is 5.69 Å². The van der Waals surface area contributed by atoms with Gasteiger partial charge in [-0.15, -0.1) is 0 Å². The summed E-state index contributed by atoms with van der Waals surface area (Å²) in [6.07, 6.45) is 1.30. The van der Waals surface area contributed by atoms with Gasteiger partial charge in [-0.05, 0) is 18.9 Å². The highest BCUT2D eigenvalue weighted by molar-refractivity contribution is 6.03. The minimum absolute atomic E-state index is 0.00671. The number of carboxylic acids is 1. The molecule has 0 radical (unpaired) electrons. The average Bonchev–Trinajstić information content (AvgIpc) is 2.65. The number of ketones is 1. The molecule has 0 bridgehead atoms. The summed E-state index contributed by atoms with van der Waals surface area (Å²) in [5, 5.41) is 24.3. The molecule has 10 nitrogen and oxygen atoms in total. The number of nitro benzene ring substituents is 1.